The maximum absolute atomic E-state index is 13.3. The molecule has 2 aliphatic heterocycles. The van der Waals surface area contributed by atoms with E-state index in [1.807, 2.05) is 18.2 Å². The molecule has 4 rings (SSSR count). The minimum Gasteiger partial charge on any atom is -0.336 e. The molecule has 2 aliphatic rings. The number of carbonyl (C=O) groups is 1. The number of likely N-dealkylation sites (N-methyl/N-ethyl adjacent to an activating group) is 1. The molecule has 0 aromatic heterocycles. The summed E-state index contributed by atoms with van der Waals surface area (Å²) in [4.78, 5) is 20.3. The van der Waals surface area contributed by atoms with Crippen LogP contribution in [0.5, 0.6) is 0 Å². The average Bonchev–Trinajstić information content (AvgIpc) is 2.69. The lowest BCUT2D eigenvalue weighted by Crippen LogP contribution is -2.62. The van der Waals surface area contributed by atoms with Crippen molar-refractivity contribution in [2.24, 2.45) is 0 Å². The van der Waals surface area contributed by atoms with E-state index in [-0.39, 0.29) is 5.91 Å². The third-order valence-corrected chi connectivity index (χ3v) is 5.95. The van der Waals surface area contributed by atoms with Gasteiger partial charge in [0.15, 0.2) is 0 Å². The van der Waals surface area contributed by atoms with Crippen molar-refractivity contribution < 1.29 is 4.79 Å². The molecule has 0 saturated carbocycles. The molecule has 2 fully saturated rings. The highest BCUT2D eigenvalue weighted by Gasteiger charge is 2.33. The summed E-state index contributed by atoms with van der Waals surface area (Å²) in [6.07, 6.45) is 0.800. The first-order chi connectivity index (χ1) is 13.1. The van der Waals surface area contributed by atoms with Crippen LogP contribution in [0.3, 0.4) is 0 Å². The summed E-state index contributed by atoms with van der Waals surface area (Å²) in [5, 5.41) is 0. The van der Waals surface area contributed by atoms with E-state index in [2.05, 4.69) is 59.0 Å². The Labute approximate surface area is 162 Å². The van der Waals surface area contributed by atoms with Crippen molar-refractivity contribution in [2.75, 3.05) is 46.3 Å². The molecule has 0 aliphatic carbocycles. The van der Waals surface area contributed by atoms with Crippen LogP contribution in [0.4, 0.5) is 0 Å². The van der Waals surface area contributed by atoms with E-state index in [9.17, 15) is 4.79 Å². The molecule has 1 amide bonds. The predicted octanol–water partition coefficient (Wildman–Crippen LogP) is 2.66. The second-order valence-corrected chi connectivity index (χ2v) is 8.02. The summed E-state index contributed by atoms with van der Waals surface area (Å²) in [5.41, 5.74) is 4.49. The monoisotopic (exact) mass is 363 g/mol. The van der Waals surface area contributed by atoms with E-state index in [1.165, 1.54) is 11.1 Å². The Kier molecular flexibility index (Phi) is 5.28. The second-order valence-electron chi connectivity index (χ2n) is 8.02. The van der Waals surface area contributed by atoms with Gasteiger partial charge in [-0.25, -0.2) is 0 Å². The zero-order valence-corrected chi connectivity index (χ0v) is 16.4. The number of amides is 1. The van der Waals surface area contributed by atoms with Crippen molar-refractivity contribution in [3.8, 4) is 0 Å². The number of fused-ring (bicyclic) bond motifs is 1. The topological polar surface area (TPSA) is 26.8 Å². The van der Waals surface area contributed by atoms with Crippen LogP contribution in [-0.2, 0) is 6.42 Å². The maximum Gasteiger partial charge on any atom is 0.254 e. The fourth-order valence-electron chi connectivity index (χ4n) is 4.27. The van der Waals surface area contributed by atoms with Crippen LogP contribution in [-0.4, -0.2) is 73.0 Å². The second kappa shape index (κ2) is 7.83. The summed E-state index contributed by atoms with van der Waals surface area (Å²) in [5.74, 6) is 0.186. The fourth-order valence-corrected chi connectivity index (χ4v) is 4.27. The number of nitrogens with zero attached hydrogens (tertiary/aromatic N) is 3. The lowest BCUT2D eigenvalue weighted by molar-refractivity contribution is 0.0189. The standard InChI is InChI=1S/C23H29N3O/c1-18-7-9-19(10-8-18)15-20-5-3-4-6-22(20)23(27)26-14-13-25-12-11-24(2)16-21(25)17-26/h3-10,21H,11-17H2,1-2H3. The van der Waals surface area contributed by atoms with Gasteiger partial charge >= 0.3 is 0 Å². The number of carbonyl (C=O) groups excluding carboxylic acids is 1. The Morgan fingerprint density at radius 3 is 2.52 bits per heavy atom. The molecule has 0 bridgehead atoms. The molecular weight excluding hydrogens is 334 g/mol. The van der Waals surface area contributed by atoms with Gasteiger partial charge in [-0.2, -0.15) is 0 Å². The van der Waals surface area contributed by atoms with Crippen molar-refractivity contribution in [1.82, 2.24) is 14.7 Å². The van der Waals surface area contributed by atoms with Crippen molar-refractivity contribution in [3.63, 3.8) is 0 Å². The Balaban J connectivity index is 1.51. The molecule has 0 radical (unpaired) electrons. The molecule has 2 heterocycles. The van der Waals surface area contributed by atoms with Crippen LogP contribution in [0.1, 0.15) is 27.0 Å². The largest absolute Gasteiger partial charge is 0.336 e. The molecule has 142 valence electrons. The first kappa shape index (κ1) is 18.2. The molecule has 1 atom stereocenters. The van der Waals surface area contributed by atoms with Gasteiger partial charge in [0.1, 0.15) is 0 Å². The first-order valence-corrected chi connectivity index (χ1v) is 9.95. The van der Waals surface area contributed by atoms with Gasteiger partial charge in [0.05, 0.1) is 0 Å². The Morgan fingerprint density at radius 2 is 1.70 bits per heavy atom. The van der Waals surface area contributed by atoms with Crippen molar-refractivity contribution in [2.45, 2.75) is 19.4 Å². The number of aryl methyl sites for hydroxylation is 1. The highest BCUT2D eigenvalue weighted by molar-refractivity contribution is 5.96. The summed E-state index contributed by atoms with van der Waals surface area (Å²) in [6, 6.07) is 17.2. The number of hydrogen-bond acceptors (Lipinski definition) is 3. The zero-order valence-electron chi connectivity index (χ0n) is 16.4. The summed E-state index contributed by atoms with van der Waals surface area (Å²) < 4.78 is 0. The first-order valence-electron chi connectivity index (χ1n) is 9.95. The van der Waals surface area contributed by atoms with Crippen molar-refractivity contribution in [1.29, 1.82) is 0 Å². The SMILES string of the molecule is Cc1ccc(Cc2ccccc2C(=O)N2CCN3CCN(C)CC3C2)cc1. The van der Waals surface area contributed by atoms with Gasteiger partial charge in [-0.3, -0.25) is 9.69 Å². The van der Waals surface area contributed by atoms with Crippen LogP contribution >= 0.6 is 0 Å². The molecule has 2 aromatic rings. The van der Waals surface area contributed by atoms with E-state index in [0.29, 0.717) is 6.04 Å². The van der Waals surface area contributed by atoms with Crippen LogP contribution in [0.2, 0.25) is 0 Å². The number of hydrogen-bond donors (Lipinski definition) is 0. The summed E-state index contributed by atoms with van der Waals surface area (Å²) >= 11 is 0. The highest BCUT2D eigenvalue weighted by Crippen LogP contribution is 2.20. The Bertz CT molecular complexity index is 802. The third kappa shape index (κ3) is 4.07. The fraction of sp³-hybridized carbons (Fsp3) is 0.435. The molecule has 2 saturated heterocycles. The van der Waals surface area contributed by atoms with Crippen LogP contribution in [0.15, 0.2) is 48.5 Å². The number of rotatable bonds is 3. The minimum atomic E-state index is 0.186. The van der Waals surface area contributed by atoms with E-state index in [0.717, 1.165) is 56.8 Å². The van der Waals surface area contributed by atoms with Gasteiger partial charge in [-0.1, -0.05) is 48.0 Å². The molecule has 4 nitrogen and oxygen atoms in total. The zero-order chi connectivity index (χ0) is 18.8. The highest BCUT2D eigenvalue weighted by atomic mass is 16.2. The van der Waals surface area contributed by atoms with E-state index >= 15 is 0 Å². The average molecular weight is 364 g/mol. The van der Waals surface area contributed by atoms with E-state index in [1.54, 1.807) is 0 Å². The van der Waals surface area contributed by atoms with E-state index in [4.69, 9.17) is 0 Å². The van der Waals surface area contributed by atoms with Crippen molar-refractivity contribution >= 4 is 5.91 Å². The number of benzene rings is 2. The van der Waals surface area contributed by atoms with Gasteiger partial charge in [-0.05, 0) is 37.6 Å². The normalized spacial score (nSPS) is 21.1. The van der Waals surface area contributed by atoms with Crippen LogP contribution < -0.4 is 0 Å². The molecule has 27 heavy (non-hydrogen) atoms. The molecule has 4 heteroatoms. The summed E-state index contributed by atoms with van der Waals surface area (Å²) in [7, 11) is 2.18. The molecule has 2 aromatic carbocycles. The smallest absolute Gasteiger partial charge is 0.254 e. The van der Waals surface area contributed by atoms with Gasteiger partial charge in [0.2, 0.25) is 0 Å². The molecule has 0 N–H and O–H groups in total. The quantitative estimate of drug-likeness (QED) is 0.839. The third-order valence-electron chi connectivity index (χ3n) is 5.95. The molecule has 1 unspecified atom stereocenters. The molecular formula is C23H29N3O. The number of piperazine rings is 2. The van der Waals surface area contributed by atoms with Gasteiger partial charge in [-0.15, -0.1) is 0 Å². The summed E-state index contributed by atoms with van der Waals surface area (Å²) in [6.45, 7) is 8.06. The van der Waals surface area contributed by atoms with Gasteiger partial charge in [0, 0.05) is 50.9 Å². The lowest BCUT2D eigenvalue weighted by Gasteiger charge is -2.46. The van der Waals surface area contributed by atoms with Gasteiger partial charge in [0.25, 0.3) is 5.91 Å². The molecule has 0 spiro atoms. The van der Waals surface area contributed by atoms with E-state index < -0.39 is 0 Å². The van der Waals surface area contributed by atoms with Crippen LogP contribution in [0, 0.1) is 6.92 Å². The van der Waals surface area contributed by atoms with Gasteiger partial charge < -0.3 is 9.80 Å². The Morgan fingerprint density at radius 1 is 0.963 bits per heavy atom. The Hall–Kier alpha value is -2.17. The predicted molar refractivity (Wildman–Crippen MR) is 109 cm³/mol. The lowest BCUT2D eigenvalue weighted by atomic mass is 9.97. The minimum absolute atomic E-state index is 0.186. The maximum atomic E-state index is 13.3. The van der Waals surface area contributed by atoms with Crippen molar-refractivity contribution in [3.05, 3.63) is 70.8 Å². The van der Waals surface area contributed by atoms with Crippen LogP contribution in [0.25, 0.3) is 0 Å².